The molecule has 1 aliphatic rings. The Morgan fingerprint density at radius 2 is 2.30 bits per heavy atom. The number of sulfonamides is 1. The van der Waals surface area contributed by atoms with E-state index in [0.717, 1.165) is 25.9 Å². The summed E-state index contributed by atoms with van der Waals surface area (Å²) in [7, 11) is -3.51. The van der Waals surface area contributed by atoms with Crippen molar-refractivity contribution in [2.24, 2.45) is 5.92 Å². The van der Waals surface area contributed by atoms with E-state index in [1.54, 1.807) is 12.5 Å². The largest absolute Gasteiger partial charge is 0.336 e. The van der Waals surface area contributed by atoms with Gasteiger partial charge in [-0.05, 0) is 32.2 Å². The van der Waals surface area contributed by atoms with Gasteiger partial charge >= 0.3 is 0 Å². The van der Waals surface area contributed by atoms with Crippen molar-refractivity contribution in [1.82, 2.24) is 19.6 Å². The Morgan fingerprint density at radius 1 is 1.55 bits per heavy atom. The highest BCUT2D eigenvalue weighted by molar-refractivity contribution is 7.89. The first-order valence-electron chi connectivity index (χ1n) is 7.14. The number of nitrogens with zero attached hydrogens (tertiary/aromatic N) is 2. The van der Waals surface area contributed by atoms with Crippen molar-refractivity contribution in [3.8, 4) is 0 Å². The molecule has 0 amide bonds. The van der Waals surface area contributed by atoms with E-state index in [0.29, 0.717) is 12.0 Å². The first kappa shape index (κ1) is 15.5. The Hall–Kier alpha value is -0.920. The van der Waals surface area contributed by atoms with Gasteiger partial charge in [0, 0.05) is 24.8 Å². The maximum absolute atomic E-state index is 12.3. The first-order chi connectivity index (χ1) is 9.37. The fourth-order valence-electron chi connectivity index (χ4n) is 2.52. The lowest BCUT2D eigenvalue weighted by molar-refractivity contribution is 0.361. The third-order valence-corrected chi connectivity index (χ3v) is 4.81. The molecule has 114 valence electrons. The summed E-state index contributed by atoms with van der Waals surface area (Å²) in [5.74, 6) is 0.456. The summed E-state index contributed by atoms with van der Waals surface area (Å²) in [6.45, 7) is 7.85. The normalized spacial score (nSPS) is 24.2. The van der Waals surface area contributed by atoms with Crippen LogP contribution in [0, 0.1) is 5.92 Å². The standard InChI is InChI=1S/C13H24N4O2S/c1-10(2)7-17-8-13(15-9-17)20(18,19)16-12-4-5-14-11(3)6-12/h8-12,14,16H,4-7H2,1-3H3. The fourth-order valence-corrected chi connectivity index (χ4v) is 3.75. The molecule has 7 heteroatoms. The van der Waals surface area contributed by atoms with Crippen LogP contribution in [0.3, 0.4) is 0 Å². The van der Waals surface area contributed by atoms with Gasteiger partial charge in [-0.15, -0.1) is 0 Å². The number of piperidine rings is 1. The molecule has 0 radical (unpaired) electrons. The zero-order chi connectivity index (χ0) is 14.8. The lowest BCUT2D eigenvalue weighted by Gasteiger charge is -2.28. The minimum atomic E-state index is -3.51. The van der Waals surface area contributed by atoms with Crippen LogP contribution in [0.15, 0.2) is 17.6 Å². The zero-order valence-corrected chi connectivity index (χ0v) is 13.2. The summed E-state index contributed by atoms with van der Waals surface area (Å²) >= 11 is 0. The van der Waals surface area contributed by atoms with Crippen LogP contribution < -0.4 is 10.0 Å². The topological polar surface area (TPSA) is 76.0 Å². The molecule has 1 aliphatic heterocycles. The van der Waals surface area contributed by atoms with Crippen LogP contribution in [0.2, 0.25) is 0 Å². The lowest BCUT2D eigenvalue weighted by Crippen LogP contribution is -2.46. The third-order valence-electron chi connectivity index (χ3n) is 3.41. The van der Waals surface area contributed by atoms with Gasteiger partial charge in [0.2, 0.25) is 0 Å². The predicted molar refractivity (Wildman–Crippen MR) is 77.9 cm³/mol. The molecule has 0 aliphatic carbocycles. The Bertz CT molecular complexity index is 538. The molecule has 20 heavy (non-hydrogen) atoms. The second kappa shape index (κ2) is 6.24. The summed E-state index contributed by atoms with van der Waals surface area (Å²) in [6.07, 6.45) is 4.81. The Balaban J connectivity index is 2.04. The predicted octanol–water partition coefficient (Wildman–Crippen LogP) is 0.958. The molecule has 2 heterocycles. The molecule has 2 unspecified atom stereocenters. The van der Waals surface area contributed by atoms with Gasteiger partial charge < -0.3 is 9.88 Å². The molecular weight excluding hydrogens is 276 g/mol. The average Bonchev–Trinajstić information content (AvgIpc) is 2.76. The van der Waals surface area contributed by atoms with Gasteiger partial charge in [-0.1, -0.05) is 13.8 Å². The fraction of sp³-hybridized carbons (Fsp3) is 0.769. The molecule has 2 N–H and O–H groups in total. The number of hydrogen-bond acceptors (Lipinski definition) is 4. The van der Waals surface area contributed by atoms with E-state index in [2.05, 4.69) is 35.8 Å². The van der Waals surface area contributed by atoms with Crippen molar-refractivity contribution in [3.05, 3.63) is 12.5 Å². The van der Waals surface area contributed by atoms with E-state index >= 15 is 0 Å². The van der Waals surface area contributed by atoms with Gasteiger partial charge in [-0.2, -0.15) is 0 Å². The molecule has 2 atom stereocenters. The van der Waals surface area contributed by atoms with Crippen LogP contribution in [0.1, 0.15) is 33.6 Å². The molecule has 2 rings (SSSR count). The third kappa shape index (κ3) is 4.04. The van der Waals surface area contributed by atoms with Crippen molar-refractivity contribution in [3.63, 3.8) is 0 Å². The average molecular weight is 300 g/mol. The molecule has 0 bridgehead atoms. The summed E-state index contributed by atoms with van der Waals surface area (Å²) in [6, 6.07) is 0.335. The minimum absolute atomic E-state index is 0.00787. The van der Waals surface area contributed by atoms with Gasteiger partial charge in [0.25, 0.3) is 10.0 Å². The monoisotopic (exact) mass is 300 g/mol. The minimum Gasteiger partial charge on any atom is -0.336 e. The Morgan fingerprint density at radius 3 is 2.95 bits per heavy atom. The molecule has 0 aromatic carbocycles. The Labute approximate surface area is 121 Å². The number of rotatable bonds is 5. The van der Waals surface area contributed by atoms with E-state index < -0.39 is 10.0 Å². The maximum Gasteiger partial charge on any atom is 0.259 e. The van der Waals surface area contributed by atoms with Crippen LogP contribution in [-0.2, 0) is 16.6 Å². The number of hydrogen-bond donors (Lipinski definition) is 2. The van der Waals surface area contributed by atoms with Crippen molar-refractivity contribution < 1.29 is 8.42 Å². The Kier molecular flexibility index (Phi) is 4.82. The molecular formula is C13H24N4O2S. The molecule has 6 nitrogen and oxygen atoms in total. The summed E-state index contributed by atoms with van der Waals surface area (Å²) in [4.78, 5) is 4.02. The number of imidazole rings is 1. The molecule has 0 saturated carbocycles. The maximum atomic E-state index is 12.3. The first-order valence-corrected chi connectivity index (χ1v) is 8.62. The molecule has 0 spiro atoms. The van der Waals surface area contributed by atoms with Crippen LogP contribution in [0.5, 0.6) is 0 Å². The van der Waals surface area contributed by atoms with Gasteiger partial charge in [0.1, 0.15) is 0 Å². The van der Waals surface area contributed by atoms with Crippen molar-refractivity contribution in [2.45, 2.75) is 57.3 Å². The highest BCUT2D eigenvalue weighted by Gasteiger charge is 2.25. The number of aromatic nitrogens is 2. The highest BCUT2D eigenvalue weighted by atomic mass is 32.2. The van der Waals surface area contributed by atoms with Crippen molar-refractivity contribution in [1.29, 1.82) is 0 Å². The smallest absolute Gasteiger partial charge is 0.259 e. The number of nitrogens with one attached hydrogen (secondary N) is 2. The SMILES string of the molecule is CC(C)Cn1cnc(S(=O)(=O)NC2CCNC(C)C2)c1. The van der Waals surface area contributed by atoms with Crippen LogP contribution in [-0.4, -0.2) is 36.6 Å². The van der Waals surface area contributed by atoms with Gasteiger partial charge in [0.05, 0.1) is 6.33 Å². The second-order valence-electron chi connectivity index (χ2n) is 6.00. The van der Waals surface area contributed by atoms with Gasteiger partial charge in [0.15, 0.2) is 5.03 Å². The van der Waals surface area contributed by atoms with E-state index in [1.807, 2.05) is 4.57 Å². The van der Waals surface area contributed by atoms with E-state index in [4.69, 9.17) is 0 Å². The zero-order valence-electron chi connectivity index (χ0n) is 12.3. The van der Waals surface area contributed by atoms with Crippen LogP contribution in [0.4, 0.5) is 0 Å². The van der Waals surface area contributed by atoms with E-state index in [1.165, 1.54) is 0 Å². The molecule has 1 saturated heterocycles. The van der Waals surface area contributed by atoms with E-state index in [9.17, 15) is 8.42 Å². The quantitative estimate of drug-likeness (QED) is 0.849. The second-order valence-corrected chi connectivity index (χ2v) is 7.66. The summed E-state index contributed by atoms with van der Waals surface area (Å²) in [5, 5.41) is 3.42. The van der Waals surface area contributed by atoms with Crippen LogP contribution >= 0.6 is 0 Å². The summed E-state index contributed by atoms with van der Waals surface area (Å²) < 4.78 is 29.2. The van der Waals surface area contributed by atoms with Crippen LogP contribution in [0.25, 0.3) is 0 Å². The molecule has 1 aromatic heterocycles. The molecule has 1 aromatic rings. The lowest BCUT2D eigenvalue weighted by atomic mass is 10.0. The van der Waals surface area contributed by atoms with Crippen molar-refractivity contribution >= 4 is 10.0 Å². The van der Waals surface area contributed by atoms with Gasteiger partial charge in [-0.25, -0.2) is 18.1 Å². The highest BCUT2D eigenvalue weighted by Crippen LogP contribution is 2.13. The molecule has 1 fully saturated rings. The summed E-state index contributed by atoms with van der Waals surface area (Å²) in [5.41, 5.74) is 0. The van der Waals surface area contributed by atoms with Gasteiger partial charge in [-0.3, -0.25) is 0 Å². The van der Waals surface area contributed by atoms with E-state index in [-0.39, 0.29) is 11.1 Å². The van der Waals surface area contributed by atoms with Crippen molar-refractivity contribution in [2.75, 3.05) is 6.54 Å².